The fraction of sp³-hybridized carbons (Fsp3) is 0.357. The number of imidazole rings is 1. The summed E-state index contributed by atoms with van der Waals surface area (Å²) >= 11 is 0. The van der Waals surface area contributed by atoms with Crippen LogP contribution >= 0.6 is 0 Å². The number of benzene rings is 1. The summed E-state index contributed by atoms with van der Waals surface area (Å²) in [5.74, 6) is 2.71. The van der Waals surface area contributed by atoms with E-state index in [0.717, 1.165) is 37.0 Å². The normalized spacial score (nSPS) is 12.9. The van der Waals surface area contributed by atoms with Crippen LogP contribution in [0, 0.1) is 0 Å². The number of hydrogen-bond acceptors (Lipinski definition) is 4. The molecule has 1 aromatic heterocycles. The predicted octanol–water partition coefficient (Wildman–Crippen LogP) is 1.92. The first kappa shape index (κ1) is 12.0. The van der Waals surface area contributed by atoms with Gasteiger partial charge in [-0.05, 0) is 24.6 Å². The van der Waals surface area contributed by atoms with Crippen molar-refractivity contribution in [3.8, 4) is 11.5 Å². The van der Waals surface area contributed by atoms with Crippen molar-refractivity contribution in [1.82, 2.24) is 14.9 Å². The molecule has 5 nitrogen and oxygen atoms in total. The highest BCUT2D eigenvalue weighted by Gasteiger charge is 2.12. The minimum Gasteiger partial charge on any atom is -0.454 e. The summed E-state index contributed by atoms with van der Waals surface area (Å²) in [5.41, 5.74) is 1.18. The van der Waals surface area contributed by atoms with E-state index in [0.29, 0.717) is 6.79 Å². The zero-order valence-corrected chi connectivity index (χ0v) is 10.9. The molecule has 0 spiro atoms. The molecule has 5 heteroatoms. The highest BCUT2D eigenvalue weighted by atomic mass is 16.7. The monoisotopic (exact) mass is 259 g/mol. The van der Waals surface area contributed by atoms with Gasteiger partial charge in [-0.1, -0.05) is 6.07 Å². The maximum Gasteiger partial charge on any atom is 0.231 e. The Bertz CT molecular complexity index is 566. The molecule has 0 saturated heterocycles. The molecule has 0 aliphatic carbocycles. The van der Waals surface area contributed by atoms with Crippen LogP contribution in [0.1, 0.15) is 18.3 Å². The first-order valence-corrected chi connectivity index (χ1v) is 6.46. The van der Waals surface area contributed by atoms with E-state index < -0.39 is 0 Å². The van der Waals surface area contributed by atoms with Gasteiger partial charge in [-0.2, -0.15) is 0 Å². The average molecular weight is 259 g/mol. The van der Waals surface area contributed by atoms with Crippen molar-refractivity contribution in [3.63, 3.8) is 0 Å². The first-order valence-electron chi connectivity index (χ1n) is 6.46. The van der Waals surface area contributed by atoms with Crippen LogP contribution in [-0.4, -0.2) is 16.3 Å². The Morgan fingerprint density at radius 2 is 2.16 bits per heavy atom. The van der Waals surface area contributed by atoms with Gasteiger partial charge < -0.3 is 19.4 Å². The van der Waals surface area contributed by atoms with Gasteiger partial charge in [0.1, 0.15) is 5.82 Å². The quantitative estimate of drug-likeness (QED) is 0.891. The molecule has 1 N–H and O–H groups in total. The molecule has 0 atom stereocenters. The van der Waals surface area contributed by atoms with Crippen LogP contribution in [0.2, 0.25) is 0 Å². The van der Waals surface area contributed by atoms with Crippen molar-refractivity contribution in [2.24, 2.45) is 0 Å². The van der Waals surface area contributed by atoms with E-state index >= 15 is 0 Å². The van der Waals surface area contributed by atoms with E-state index in [9.17, 15) is 0 Å². The SMILES string of the molecule is CCn1ccnc1CNCc1ccc2c(c1)OCO2. The molecule has 2 aromatic rings. The lowest BCUT2D eigenvalue weighted by Crippen LogP contribution is -2.16. The van der Waals surface area contributed by atoms with E-state index in [2.05, 4.69) is 21.8 Å². The number of fused-ring (bicyclic) bond motifs is 1. The van der Waals surface area contributed by atoms with Crippen molar-refractivity contribution < 1.29 is 9.47 Å². The minimum absolute atomic E-state index is 0.320. The minimum atomic E-state index is 0.320. The summed E-state index contributed by atoms with van der Waals surface area (Å²) in [6, 6.07) is 6.01. The van der Waals surface area contributed by atoms with E-state index in [-0.39, 0.29) is 0 Å². The van der Waals surface area contributed by atoms with Gasteiger partial charge in [-0.25, -0.2) is 4.98 Å². The molecule has 0 amide bonds. The Kier molecular flexibility index (Phi) is 3.37. The fourth-order valence-electron chi connectivity index (χ4n) is 2.16. The molecule has 1 aliphatic heterocycles. The molecule has 0 radical (unpaired) electrons. The number of hydrogen-bond donors (Lipinski definition) is 1. The Morgan fingerprint density at radius 1 is 1.26 bits per heavy atom. The van der Waals surface area contributed by atoms with Crippen LogP contribution in [0.4, 0.5) is 0 Å². The highest BCUT2D eigenvalue weighted by molar-refractivity contribution is 5.44. The molecule has 0 saturated carbocycles. The second-order valence-corrected chi connectivity index (χ2v) is 4.42. The molecule has 2 heterocycles. The largest absolute Gasteiger partial charge is 0.454 e. The second kappa shape index (κ2) is 5.32. The van der Waals surface area contributed by atoms with Crippen LogP contribution in [0.25, 0.3) is 0 Å². The van der Waals surface area contributed by atoms with E-state index in [1.165, 1.54) is 5.56 Å². The number of nitrogens with zero attached hydrogens (tertiary/aromatic N) is 2. The molecule has 0 fully saturated rings. The number of rotatable bonds is 5. The Labute approximate surface area is 112 Å². The fourth-order valence-corrected chi connectivity index (χ4v) is 2.16. The summed E-state index contributed by atoms with van der Waals surface area (Å²) in [7, 11) is 0. The summed E-state index contributed by atoms with van der Waals surface area (Å²) in [6.45, 7) is 4.92. The summed E-state index contributed by atoms with van der Waals surface area (Å²) in [4.78, 5) is 4.33. The lowest BCUT2D eigenvalue weighted by molar-refractivity contribution is 0.174. The summed E-state index contributed by atoms with van der Waals surface area (Å²) in [6.07, 6.45) is 3.83. The maximum absolute atomic E-state index is 5.36. The van der Waals surface area contributed by atoms with Gasteiger partial charge in [0.25, 0.3) is 0 Å². The first-order chi connectivity index (χ1) is 9.36. The van der Waals surface area contributed by atoms with Gasteiger partial charge in [-0.3, -0.25) is 0 Å². The topological polar surface area (TPSA) is 48.3 Å². The highest BCUT2D eigenvalue weighted by Crippen LogP contribution is 2.32. The number of aryl methyl sites for hydroxylation is 1. The van der Waals surface area contributed by atoms with Crippen molar-refractivity contribution in [2.75, 3.05) is 6.79 Å². The van der Waals surface area contributed by atoms with Crippen molar-refractivity contribution in [3.05, 3.63) is 42.0 Å². The second-order valence-electron chi connectivity index (χ2n) is 4.42. The zero-order chi connectivity index (χ0) is 13.1. The molecule has 0 unspecified atom stereocenters. The molecule has 3 rings (SSSR count). The molecular weight excluding hydrogens is 242 g/mol. The van der Waals surface area contributed by atoms with Gasteiger partial charge in [0.05, 0.1) is 6.54 Å². The Balaban J connectivity index is 1.58. The molecule has 19 heavy (non-hydrogen) atoms. The molecule has 0 bridgehead atoms. The number of aromatic nitrogens is 2. The number of ether oxygens (including phenoxy) is 2. The third kappa shape index (κ3) is 2.56. The van der Waals surface area contributed by atoms with Gasteiger partial charge in [0.15, 0.2) is 11.5 Å². The maximum atomic E-state index is 5.36. The van der Waals surface area contributed by atoms with Crippen LogP contribution in [0.15, 0.2) is 30.6 Å². The van der Waals surface area contributed by atoms with E-state index in [1.54, 1.807) is 0 Å². The predicted molar refractivity (Wildman–Crippen MR) is 71.0 cm³/mol. The van der Waals surface area contributed by atoms with Gasteiger partial charge in [0, 0.05) is 25.5 Å². The van der Waals surface area contributed by atoms with E-state index in [4.69, 9.17) is 9.47 Å². The lowest BCUT2D eigenvalue weighted by Gasteiger charge is -2.07. The van der Waals surface area contributed by atoms with Gasteiger partial charge in [0.2, 0.25) is 6.79 Å². The number of nitrogens with one attached hydrogen (secondary N) is 1. The van der Waals surface area contributed by atoms with Crippen molar-refractivity contribution in [1.29, 1.82) is 0 Å². The van der Waals surface area contributed by atoms with E-state index in [1.807, 2.05) is 30.6 Å². The molecular formula is C14H17N3O2. The van der Waals surface area contributed by atoms with Gasteiger partial charge >= 0.3 is 0 Å². The molecule has 100 valence electrons. The molecule has 1 aliphatic rings. The Morgan fingerprint density at radius 3 is 3.05 bits per heavy atom. The third-order valence-electron chi connectivity index (χ3n) is 3.19. The average Bonchev–Trinajstić information content (AvgIpc) is 3.06. The third-order valence-corrected chi connectivity index (χ3v) is 3.19. The van der Waals surface area contributed by atoms with Crippen LogP contribution in [0.3, 0.4) is 0 Å². The standard InChI is InChI=1S/C14H17N3O2/c1-2-17-6-5-16-14(17)9-15-8-11-3-4-12-13(7-11)19-10-18-12/h3-7,15H,2,8-10H2,1H3. The van der Waals surface area contributed by atoms with Gasteiger partial charge in [-0.15, -0.1) is 0 Å². The summed E-state index contributed by atoms with van der Waals surface area (Å²) < 4.78 is 12.8. The van der Waals surface area contributed by atoms with Crippen molar-refractivity contribution in [2.45, 2.75) is 26.6 Å². The smallest absolute Gasteiger partial charge is 0.231 e. The lowest BCUT2D eigenvalue weighted by atomic mass is 10.2. The zero-order valence-electron chi connectivity index (χ0n) is 10.9. The van der Waals surface area contributed by atoms with Crippen molar-refractivity contribution >= 4 is 0 Å². The molecule has 1 aromatic carbocycles. The van der Waals surface area contributed by atoms with Crippen LogP contribution in [0.5, 0.6) is 11.5 Å². The van der Waals surface area contributed by atoms with Crippen LogP contribution < -0.4 is 14.8 Å². The Hall–Kier alpha value is -2.01. The van der Waals surface area contributed by atoms with Crippen LogP contribution in [-0.2, 0) is 19.6 Å². The summed E-state index contributed by atoms with van der Waals surface area (Å²) in [5, 5.41) is 3.39.